The number of hydrogen-bond acceptors (Lipinski definition) is 5. The Hall–Kier alpha value is -0.940. The van der Waals surface area contributed by atoms with Crippen LogP contribution in [0.15, 0.2) is 4.52 Å². The van der Waals surface area contributed by atoms with E-state index in [4.69, 9.17) is 10.3 Å². The van der Waals surface area contributed by atoms with Crippen molar-refractivity contribution in [1.29, 1.82) is 0 Å². The van der Waals surface area contributed by atoms with Gasteiger partial charge in [-0.3, -0.25) is 0 Å². The van der Waals surface area contributed by atoms with Crippen LogP contribution in [-0.4, -0.2) is 41.7 Å². The quantitative estimate of drug-likeness (QED) is 0.741. The van der Waals surface area contributed by atoms with Crippen LogP contribution < -0.4 is 5.73 Å². The zero-order chi connectivity index (χ0) is 11.3. The standard InChI is InChI=1S/C10H20N4O/c1-4-8(11)7-10-12-9(13-15-10)5-6-14(2)3/h8H,4-7,11H2,1-3H3. The maximum absolute atomic E-state index is 5.80. The molecule has 0 bridgehead atoms. The maximum atomic E-state index is 5.80. The first kappa shape index (κ1) is 12.1. The zero-order valence-electron chi connectivity index (χ0n) is 9.73. The van der Waals surface area contributed by atoms with Crippen LogP contribution in [-0.2, 0) is 12.8 Å². The van der Waals surface area contributed by atoms with Gasteiger partial charge in [-0.25, -0.2) is 0 Å². The summed E-state index contributed by atoms with van der Waals surface area (Å²) < 4.78 is 5.11. The van der Waals surface area contributed by atoms with Crippen molar-refractivity contribution >= 4 is 0 Å². The lowest BCUT2D eigenvalue weighted by atomic mass is 10.2. The molecule has 1 rings (SSSR count). The van der Waals surface area contributed by atoms with Gasteiger partial charge in [-0.15, -0.1) is 0 Å². The Labute approximate surface area is 90.6 Å². The number of likely N-dealkylation sites (N-methyl/N-ethyl adjacent to an activating group) is 1. The Bertz CT molecular complexity index is 285. The van der Waals surface area contributed by atoms with Gasteiger partial charge < -0.3 is 15.2 Å². The molecular weight excluding hydrogens is 192 g/mol. The molecule has 0 saturated carbocycles. The summed E-state index contributed by atoms with van der Waals surface area (Å²) in [5.74, 6) is 1.42. The van der Waals surface area contributed by atoms with E-state index < -0.39 is 0 Å². The van der Waals surface area contributed by atoms with E-state index in [-0.39, 0.29) is 6.04 Å². The van der Waals surface area contributed by atoms with E-state index in [0.717, 1.165) is 25.2 Å². The second-order valence-corrected chi connectivity index (χ2v) is 4.03. The molecule has 2 N–H and O–H groups in total. The van der Waals surface area contributed by atoms with Crippen molar-refractivity contribution < 1.29 is 4.52 Å². The van der Waals surface area contributed by atoms with Crippen molar-refractivity contribution in [3.8, 4) is 0 Å². The third kappa shape index (κ3) is 4.40. The lowest BCUT2D eigenvalue weighted by Gasteiger charge is -2.05. The molecule has 0 aliphatic rings. The highest BCUT2D eigenvalue weighted by Gasteiger charge is 2.09. The summed E-state index contributed by atoms with van der Waals surface area (Å²) in [7, 11) is 4.04. The SMILES string of the molecule is CCC(N)Cc1nc(CCN(C)C)no1. The molecule has 0 aliphatic heterocycles. The fourth-order valence-corrected chi connectivity index (χ4v) is 1.17. The topological polar surface area (TPSA) is 68.2 Å². The first-order chi connectivity index (χ1) is 7.11. The Morgan fingerprint density at radius 3 is 2.80 bits per heavy atom. The van der Waals surface area contributed by atoms with Crippen LogP contribution in [0, 0.1) is 0 Å². The smallest absolute Gasteiger partial charge is 0.228 e. The fourth-order valence-electron chi connectivity index (χ4n) is 1.17. The third-order valence-corrected chi connectivity index (χ3v) is 2.25. The number of rotatable bonds is 6. The lowest BCUT2D eigenvalue weighted by molar-refractivity contribution is 0.357. The molecule has 1 aromatic rings. The monoisotopic (exact) mass is 212 g/mol. The summed E-state index contributed by atoms with van der Waals surface area (Å²) >= 11 is 0. The van der Waals surface area contributed by atoms with E-state index in [1.54, 1.807) is 0 Å². The van der Waals surface area contributed by atoms with E-state index >= 15 is 0 Å². The van der Waals surface area contributed by atoms with Crippen LogP contribution in [0.4, 0.5) is 0 Å². The van der Waals surface area contributed by atoms with Gasteiger partial charge in [0.15, 0.2) is 5.82 Å². The van der Waals surface area contributed by atoms with Crippen molar-refractivity contribution in [2.45, 2.75) is 32.2 Å². The molecule has 1 atom stereocenters. The van der Waals surface area contributed by atoms with Gasteiger partial charge in [0.2, 0.25) is 5.89 Å². The molecular formula is C10H20N4O. The van der Waals surface area contributed by atoms with Gasteiger partial charge in [0.1, 0.15) is 0 Å². The first-order valence-corrected chi connectivity index (χ1v) is 5.33. The van der Waals surface area contributed by atoms with Gasteiger partial charge in [0, 0.05) is 25.4 Å². The second kappa shape index (κ2) is 5.82. The Morgan fingerprint density at radius 2 is 2.20 bits per heavy atom. The lowest BCUT2D eigenvalue weighted by Crippen LogP contribution is -2.21. The van der Waals surface area contributed by atoms with Crippen molar-refractivity contribution in [2.24, 2.45) is 5.73 Å². The number of aromatic nitrogens is 2. The van der Waals surface area contributed by atoms with Crippen molar-refractivity contribution in [3.05, 3.63) is 11.7 Å². The van der Waals surface area contributed by atoms with Crippen LogP contribution in [0.25, 0.3) is 0 Å². The molecule has 5 heteroatoms. The van der Waals surface area contributed by atoms with Gasteiger partial charge in [0.25, 0.3) is 0 Å². The molecule has 0 spiro atoms. The van der Waals surface area contributed by atoms with Crippen LogP contribution in [0.3, 0.4) is 0 Å². The minimum atomic E-state index is 0.118. The summed E-state index contributed by atoms with van der Waals surface area (Å²) in [5, 5.41) is 3.91. The Morgan fingerprint density at radius 1 is 1.47 bits per heavy atom. The predicted molar refractivity (Wildman–Crippen MR) is 58.5 cm³/mol. The highest BCUT2D eigenvalue weighted by atomic mass is 16.5. The number of nitrogens with two attached hydrogens (primary N) is 1. The normalized spacial score (nSPS) is 13.4. The van der Waals surface area contributed by atoms with E-state index in [2.05, 4.69) is 15.0 Å². The molecule has 0 radical (unpaired) electrons. The van der Waals surface area contributed by atoms with E-state index in [1.165, 1.54) is 0 Å². The fraction of sp³-hybridized carbons (Fsp3) is 0.800. The molecule has 0 amide bonds. The second-order valence-electron chi connectivity index (χ2n) is 4.03. The van der Waals surface area contributed by atoms with Gasteiger partial charge >= 0.3 is 0 Å². The molecule has 0 saturated heterocycles. The highest BCUT2D eigenvalue weighted by molar-refractivity contribution is 4.89. The van der Waals surface area contributed by atoms with E-state index in [9.17, 15) is 0 Å². The van der Waals surface area contributed by atoms with Crippen LogP contribution in [0.1, 0.15) is 25.1 Å². The molecule has 1 aromatic heterocycles. The molecule has 0 aliphatic carbocycles. The third-order valence-electron chi connectivity index (χ3n) is 2.25. The van der Waals surface area contributed by atoms with Crippen LogP contribution >= 0.6 is 0 Å². The minimum absolute atomic E-state index is 0.118. The summed E-state index contributed by atoms with van der Waals surface area (Å²) in [5.41, 5.74) is 5.80. The minimum Gasteiger partial charge on any atom is -0.339 e. The Balaban J connectivity index is 2.42. The summed E-state index contributed by atoms with van der Waals surface area (Å²) in [6.45, 7) is 2.98. The molecule has 0 fully saturated rings. The van der Waals surface area contributed by atoms with Crippen molar-refractivity contribution in [1.82, 2.24) is 15.0 Å². The largest absolute Gasteiger partial charge is 0.339 e. The maximum Gasteiger partial charge on any atom is 0.228 e. The number of hydrogen-bond donors (Lipinski definition) is 1. The molecule has 0 aromatic carbocycles. The van der Waals surface area contributed by atoms with Crippen molar-refractivity contribution in [3.63, 3.8) is 0 Å². The van der Waals surface area contributed by atoms with Gasteiger partial charge in [0.05, 0.1) is 0 Å². The average molecular weight is 212 g/mol. The highest BCUT2D eigenvalue weighted by Crippen LogP contribution is 2.03. The zero-order valence-corrected chi connectivity index (χ0v) is 9.73. The van der Waals surface area contributed by atoms with Gasteiger partial charge in [-0.2, -0.15) is 4.98 Å². The molecule has 86 valence electrons. The predicted octanol–water partition coefficient (Wildman–Crippen LogP) is 0.453. The molecule has 5 nitrogen and oxygen atoms in total. The molecule has 1 heterocycles. The van der Waals surface area contributed by atoms with Gasteiger partial charge in [-0.05, 0) is 20.5 Å². The molecule has 1 unspecified atom stereocenters. The van der Waals surface area contributed by atoms with Crippen LogP contribution in [0.2, 0.25) is 0 Å². The summed E-state index contributed by atoms with van der Waals surface area (Å²) in [4.78, 5) is 6.38. The first-order valence-electron chi connectivity index (χ1n) is 5.33. The average Bonchev–Trinajstić information content (AvgIpc) is 2.62. The van der Waals surface area contributed by atoms with Crippen molar-refractivity contribution in [2.75, 3.05) is 20.6 Å². The van der Waals surface area contributed by atoms with Gasteiger partial charge in [-0.1, -0.05) is 12.1 Å². The van der Waals surface area contributed by atoms with Crippen LogP contribution in [0.5, 0.6) is 0 Å². The van der Waals surface area contributed by atoms with E-state index in [1.807, 2.05) is 21.0 Å². The molecule has 15 heavy (non-hydrogen) atoms. The summed E-state index contributed by atoms with van der Waals surface area (Å²) in [6.07, 6.45) is 2.42. The van der Waals surface area contributed by atoms with E-state index in [0.29, 0.717) is 12.3 Å². The number of nitrogens with zero attached hydrogens (tertiary/aromatic N) is 3. The summed E-state index contributed by atoms with van der Waals surface area (Å²) in [6, 6.07) is 0.118. The Kier molecular flexibility index (Phi) is 4.71.